The van der Waals surface area contributed by atoms with Crippen LogP contribution in [-0.4, -0.2) is 15.9 Å². The number of aromatic nitrogens is 2. The first-order valence-corrected chi connectivity index (χ1v) is 6.55. The molecule has 21 heavy (non-hydrogen) atoms. The summed E-state index contributed by atoms with van der Waals surface area (Å²) in [6.45, 7) is 3.61. The number of hydrogen-bond donors (Lipinski definition) is 1. The molecule has 108 valence electrons. The molecule has 0 fully saturated rings. The van der Waals surface area contributed by atoms with Crippen molar-refractivity contribution in [2.75, 3.05) is 0 Å². The predicted molar refractivity (Wildman–Crippen MR) is 81.2 cm³/mol. The third-order valence-electron chi connectivity index (χ3n) is 2.37. The van der Waals surface area contributed by atoms with Gasteiger partial charge in [-0.3, -0.25) is 14.8 Å². The third-order valence-corrected chi connectivity index (χ3v) is 2.99. The van der Waals surface area contributed by atoms with Crippen LogP contribution in [-0.2, 0) is 0 Å². The zero-order chi connectivity index (χ0) is 16.0. The van der Waals surface area contributed by atoms with Crippen molar-refractivity contribution in [3.05, 3.63) is 57.1 Å². The molecule has 0 aliphatic heterocycles. The highest BCUT2D eigenvalue weighted by atomic mass is 35.5. The van der Waals surface area contributed by atoms with E-state index in [4.69, 9.17) is 34.2 Å². The first-order chi connectivity index (χ1) is 9.85. The Labute approximate surface area is 132 Å². The van der Waals surface area contributed by atoms with Gasteiger partial charge in [-0.25, -0.2) is 0 Å². The minimum absolute atomic E-state index is 0.261. The van der Waals surface area contributed by atoms with Crippen molar-refractivity contribution in [3.8, 4) is 6.07 Å². The molecule has 5 nitrogen and oxygen atoms in total. The molecule has 2 aromatic heterocycles. The molecule has 1 amide bonds. The number of nitrogens with two attached hydrogens (primary N) is 1. The summed E-state index contributed by atoms with van der Waals surface area (Å²) in [7, 11) is 0. The zero-order valence-electron chi connectivity index (χ0n) is 11.4. The molecular weight excluding hydrogens is 311 g/mol. The van der Waals surface area contributed by atoms with Crippen molar-refractivity contribution in [1.82, 2.24) is 9.97 Å². The molecule has 0 spiro atoms. The Morgan fingerprint density at radius 2 is 1.67 bits per heavy atom. The summed E-state index contributed by atoms with van der Waals surface area (Å²) in [6.07, 6.45) is 2.84. The first-order valence-electron chi connectivity index (χ1n) is 5.79. The molecule has 7 heteroatoms. The highest BCUT2D eigenvalue weighted by molar-refractivity contribution is 6.33. The van der Waals surface area contributed by atoms with Gasteiger partial charge in [0, 0.05) is 23.8 Å². The lowest BCUT2D eigenvalue weighted by Crippen LogP contribution is -2.12. The Bertz CT molecular complexity index is 711. The van der Waals surface area contributed by atoms with E-state index in [0.717, 1.165) is 11.4 Å². The summed E-state index contributed by atoms with van der Waals surface area (Å²) in [5.74, 6) is -0.553. The third kappa shape index (κ3) is 5.03. The van der Waals surface area contributed by atoms with E-state index in [1.165, 1.54) is 12.4 Å². The lowest BCUT2D eigenvalue weighted by atomic mass is 10.2. The molecule has 2 N–H and O–H groups in total. The number of nitrogens with zero attached hydrogens (tertiary/aromatic N) is 3. The second kappa shape index (κ2) is 7.58. The summed E-state index contributed by atoms with van der Waals surface area (Å²) in [5, 5.41) is 9.25. The molecule has 2 rings (SSSR count). The highest BCUT2D eigenvalue weighted by Gasteiger charge is 2.05. The summed E-state index contributed by atoms with van der Waals surface area (Å²) >= 11 is 11.4. The van der Waals surface area contributed by atoms with Crippen molar-refractivity contribution in [1.29, 1.82) is 5.26 Å². The smallest absolute Gasteiger partial charge is 0.251 e. The van der Waals surface area contributed by atoms with E-state index in [0.29, 0.717) is 15.6 Å². The Kier molecular flexibility index (Phi) is 6.10. The van der Waals surface area contributed by atoms with Crippen LogP contribution in [0.1, 0.15) is 27.3 Å². The number of carbonyl (C=O) groups is 1. The second-order valence-corrected chi connectivity index (χ2v) is 4.90. The molecule has 0 aromatic carbocycles. The lowest BCUT2D eigenvalue weighted by Gasteiger charge is -1.98. The van der Waals surface area contributed by atoms with Gasteiger partial charge in [0.05, 0.1) is 21.2 Å². The fraction of sp³-hybridized carbons (Fsp3) is 0.143. The topological polar surface area (TPSA) is 92.7 Å². The molecule has 0 aliphatic carbocycles. The monoisotopic (exact) mass is 322 g/mol. The molecule has 0 unspecified atom stereocenters. The number of pyridine rings is 2. The average molecular weight is 323 g/mol. The van der Waals surface area contributed by atoms with Crippen LogP contribution in [0, 0.1) is 25.2 Å². The van der Waals surface area contributed by atoms with Crippen molar-refractivity contribution in [3.63, 3.8) is 0 Å². The average Bonchev–Trinajstić information content (AvgIpc) is 2.39. The van der Waals surface area contributed by atoms with Crippen LogP contribution in [0.4, 0.5) is 0 Å². The lowest BCUT2D eigenvalue weighted by molar-refractivity contribution is 0.1000. The molecule has 2 aromatic rings. The number of carbonyl (C=O) groups excluding carboxylic acids is 1. The maximum atomic E-state index is 10.6. The van der Waals surface area contributed by atoms with Crippen molar-refractivity contribution < 1.29 is 4.79 Å². The highest BCUT2D eigenvalue weighted by Crippen LogP contribution is 2.14. The van der Waals surface area contributed by atoms with Crippen molar-refractivity contribution >= 4 is 29.1 Å². The van der Waals surface area contributed by atoms with Gasteiger partial charge < -0.3 is 5.73 Å². The molecule has 0 aliphatic rings. The van der Waals surface area contributed by atoms with Crippen LogP contribution in [0.5, 0.6) is 0 Å². The van der Waals surface area contributed by atoms with Gasteiger partial charge in [-0.05, 0) is 26.0 Å². The normalized spacial score (nSPS) is 9.29. The van der Waals surface area contributed by atoms with Gasteiger partial charge in [-0.1, -0.05) is 23.2 Å². The quantitative estimate of drug-likeness (QED) is 0.873. The van der Waals surface area contributed by atoms with E-state index in [2.05, 4.69) is 9.97 Å². The molecular formula is C14H12Cl2N4O. The number of primary amides is 1. The number of aryl methyl sites for hydroxylation is 2. The number of hydrogen-bond acceptors (Lipinski definition) is 4. The van der Waals surface area contributed by atoms with Crippen LogP contribution in [0.2, 0.25) is 10.0 Å². The number of halogens is 2. The SMILES string of the molecule is Cc1cc(Cl)c(C#N)cn1.Cc1cc(Cl)c(C(N)=O)cn1. The van der Waals surface area contributed by atoms with Crippen molar-refractivity contribution in [2.24, 2.45) is 5.73 Å². The maximum Gasteiger partial charge on any atom is 0.251 e. The molecule has 0 bridgehead atoms. The van der Waals surface area contributed by atoms with E-state index in [1.54, 1.807) is 19.1 Å². The summed E-state index contributed by atoms with van der Waals surface area (Å²) < 4.78 is 0. The summed E-state index contributed by atoms with van der Waals surface area (Å²) in [4.78, 5) is 18.4. The first kappa shape index (κ1) is 16.9. The number of rotatable bonds is 1. The van der Waals surface area contributed by atoms with Crippen LogP contribution in [0.3, 0.4) is 0 Å². The molecule has 0 saturated carbocycles. The van der Waals surface area contributed by atoms with Crippen LogP contribution >= 0.6 is 23.2 Å². The van der Waals surface area contributed by atoms with Gasteiger partial charge >= 0.3 is 0 Å². The maximum absolute atomic E-state index is 10.6. The summed E-state index contributed by atoms with van der Waals surface area (Å²) in [5.41, 5.74) is 7.27. The van der Waals surface area contributed by atoms with Gasteiger partial charge in [0.25, 0.3) is 5.91 Å². The summed E-state index contributed by atoms with van der Waals surface area (Å²) in [6, 6.07) is 5.19. The fourth-order valence-electron chi connectivity index (χ4n) is 1.32. The molecule has 0 atom stereocenters. The van der Waals surface area contributed by atoms with Gasteiger partial charge in [0.2, 0.25) is 0 Å². The Morgan fingerprint density at radius 1 is 1.14 bits per heavy atom. The Hall–Kier alpha value is -2.16. The van der Waals surface area contributed by atoms with E-state index in [1.807, 2.05) is 13.0 Å². The molecule has 2 heterocycles. The van der Waals surface area contributed by atoms with Crippen LogP contribution in [0.25, 0.3) is 0 Å². The van der Waals surface area contributed by atoms with E-state index in [-0.39, 0.29) is 5.56 Å². The minimum Gasteiger partial charge on any atom is -0.366 e. The van der Waals surface area contributed by atoms with Gasteiger partial charge in [-0.15, -0.1) is 0 Å². The van der Waals surface area contributed by atoms with Gasteiger partial charge in [0.1, 0.15) is 6.07 Å². The minimum atomic E-state index is -0.553. The number of amides is 1. The van der Waals surface area contributed by atoms with Crippen LogP contribution in [0.15, 0.2) is 24.5 Å². The van der Waals surface area contributed by atoms with E-state index in [9.17, 15) is 4.79 Å². The largest absolute Gasteiger partial charge is 0.366 e. The number of nitriles is 1. The second-order valence-electron chi connectivity index (χ2n) is 4.09. The molecule has 0 radical (unpaired) electrons. The fourth-order valence-corrected chi connectivity index (χ4v) is 1.87. The van der Waals surface area contributed by atoms with E-state index < -0.39 is 5.91 Å². The van der Waals surface area contributed by atoms with Crippen LogP contribution < -0.4 is 5.73 Å². The van der Waals surface area contributed by atoms with Gasteiger partial charge in [-0.2, -0.15) is 5.26 Å². The van der Waals surface area contributed by atoms with Crippen molar-refractivity contribution in [2.45, 2.75) is 13.8 Å². The standard InChI is InChI=1S/C7H7ClN2O.C7H5ClN2/c1-4-2-6(8)5(3-10-4)7(9)11;1-5-2-7(8)6(3-9)4-10-5/h2-3H,1H3,(H2,9,11);2,4H,1H3. The Morgan fingerprint density at radius 3 is 2.10 bits per heavy atom. The Balaban J connectivity index is 0.000000211. The molecule has 0 saturated heterocycles. The zero-order valence-corrected chi connectivity index (χ0v) is 12.9. The van der Waals surface area contributed by atoms with Gasteiger partial charge in [0.15, 0.2) is 0 Å². The predicted octanol–water partition coefficient (Wildman–Crippen LogP) is 3.06. The van der Waals surface area contributed by atoms with E-state index >= 15 is 0 Å².